The van der Waals surface area contributed by atoms with Crippen LogP contribution in [0.2, 0.25) is 0 Å². The summed E-state index contributed by atoms with van der Waals surface area (Å²) in [5.41, 5.74) is 0.901. The van der Waals surface area contributed by atoms with E-state index in [1.54, 1.807) is 10.7 Å². The number of carbonyl (C=O) groups excluding carboxylic acids is 1. The molecule has 2 aromatic rings. The summed E-state index contributed by atoms with van der Waals surface area (Å²) in [5, 5.41) is 4.71. The first kappa shape index (κ1) is 12.5. The fraction of sp³-hybridized carbons (Fsp3) is 0.385. The molecule has 0 amide bonds. The van der Waals surface area contributed by atoms with Gasteiger partial charge in [-0.15, -0.1) is 0 Å². The number of aromatic nitrogens is 2. The van der Waals surface area contributed by atoms with Crippen LogP contribution in [0.15, 0.2) is 18.2 Å². The molecule has 0 saturated carbocycles. The van der Waals surface area contributed by atoms with Crippen LogP contribution in [0.1, 0.15) is 24.3 Å². The van der Waals surface area contributed by atoms with Crippen molar-refractivity contribution in [3.63, 3.8) is 0 Å². The van der Waals surface area contributed by atoms with Crippen LogP contribution in [0.25, 0.3) is 10.9 Å². The zero-order valence-corrected chi connectivity index (χ0v) is 10.6. The van der Waals surface area contributed by atoms with Crippen molar-refractivity contribution in [3.8, 4) is 0 Å². The SMILES string of the molecule is COC(=O)c1nn(CC(C)C)c2ccc(F)cc12. The molecule has 1 heterocycles. The van der Waals surface area contributed by atoms with Crippen LogP contribution in [-0.4, -0.2) is 22.9 Å². The lowest BCUT2D eigenvalue weighted by Crippen LogP contribution is -2.08. The highest BCUT2D eigenvalue weighted by atomic mass is 19.1. The molecule has 1 aromatic heterocycles. The van der Waals surface area contributed by atoms with Gasteiger partial charge in [-0.2, -0.15) is 5.10 Å². The Morgan fingerprint density at radius 2 is 2.22 bits per heavy atom. The Balaban J connectivity index is 2.63. The molecule has 0 aliphatic heterocycles. The van der Waals surface area contributed by atoms with Gasteiger partial charge in [0.25, 0.3) is 0 Å². The summed E-state index contributed by atoms with van der Waals surface area (Å²) < 4.78 is 19.6. The number of methoxy groups -OCH3 is 1. The maximum atomic E-state index is 13.3. The molecule has 0 spiro atoms. The number of carbonyl (C=O) groups is 1. The Hall–Kier alpha value is -1.91. The average molecular weight is 250 g/mol. The predicted molar refractivity (Wildman–Crippen MR) is 65.9 cm³/mol. The first-order chi connectivity index (χ1) is 8.52. The summed E-state index contributed by atoms with van der Waals surface area (Å²) in [6.07, 6.45) is 0. The fourth-order valence-corrected chi connectivity index (χ4v) is 1.88. The molecule has 96 valence electrons. The second kappa shape index (κ2) is 4.76. The van der Waals surface area contributed by atoms with E-state index in [0.717, 1.165) is 5.52 Å². The largest absolute Gasteiger partial charge is 0.464 e. The number of rotatable bonds is 3. The lowest BCUT2D eigenvalue weighted by atomic mass is 10.2. The first-order valence-electron chi connectivity index (χ1n) is 5.77. The minimum atomic E-state index is -0.548. The lowest BCUT2D eigenvalue weighted by molar-refractivity contribution is 0.0595. The van der Waals surface area contributed by atoms with Crippen LogP contribution >= 0.6 is 0 Å². The van der Waals surface area contributed by atoms with E-state index in [0.29, 0.717) is 17.8 Å². The number of esters is 1. The van der Waals surface area contributed by atoms with Crippen LogP contribution in [0.5, 0.6) is 0 Å². The number of hydrogen-bond donors (Lipinski definition) is 0. The molecule has 0 unspecified atom stereocenters. The molecule has 0 saturated heterocycles. The zero-order chi connectivity index (χ0) is 13.3. The third kappa shape index (κ3) is 2.20. The second-order valence-electron chi connectivity index (χ2n) is 4.58. The molecular weight excluding hydrogens is 235 g/mol. The number of nitrogens with zero attached hydrogens (tertiary/aromatic N) is 2. The second-order valence-corrected chi connectivity index (χ2v) is 4.58. The highest BCUT2D eigenvalue weighted by Gasteiger charge is 2.18. The molecule has 0 bridgehead atoms. The molecule has 0 aliphatic carbocycles. The van der Waals surface area contributed by atoms with Crippen molar-refractivity contribution < 1.29 is 13.9 Å². The molecule has 0 radical (unpaired) electrons. The van der Waals surface area contributed by atoms with Gasteiger partial charge in [-0.05, 0) is 24.1 Å². The fourth-order valence-electron chi connectivity index (χ4n) is 1.88. The zero-order valence-electron chi connectivity index (χ0n) is 10.6. The monoisotopic (exact) mass is 250 g/mol. The van der Waals surface area contributed by atoms with Crippen molar-refractivity contribution in [3.05, 3.63) is 29.7 Å². The van der Waals surface area contributed by atoms with Crippen molar-refractivity contribution in [1.82, 2.24) is 9.78 Å². The van der Waals surface area contributed by atoms with Crippen LogP contribution in [-0.2, 0) is 11.3 Å². The number of fused-ring (bicyclic) bond motifs is 1. The smallest absolute Gasteiger partial charge is 0.359 e. The quantitative estimate of drug-likeness (QED) is 0.786. The van der Waals surface area contributed by atoms with Gasteiger partial charge in [0.15, 0.2) is 5.69 Å². The minimum absolute atomic E-state index is 0.160. The van der Waals surface area contributed by atoms with Gasteiger partial charge in [0.05, 0.1) is 12.6 Å². The standard InChI is InChI=1S/C13H15FN2O2/c1-8(2)7-16-11-5-4-9(14)6-10(11)12(15-16)13(17)18-3/h4-6,8H,7H2,1-3H3. The minimum Gasteiger partial charge on any atom is -0.464 e. The van der Waals surface area contributed by atoms with E-state index >= 15 is 0 Å². The number of hydrogen-bond acceptors (Lipinski definition) is 3. The van der Waals surface area contributed by atoms with E-state index in [1.807, 2.05) is 0 Å². The summed E-state index contributed by atoms with van der Waals surface area (Å²) in [6, 6.07) is 4.31. The summed E-state index contributed by atoms with van der Waals surface area (Å²) in [6.45, 7) is 4.77. The highest BCUT2D eigenvalue weighted by Crippen LogP contribution is 2.21. The third-order valence-electron chi connectivity index (χ3n) is 2.63. The van der Waals surface area contributed by atoms with Crippen LogP contribution in [0, 0.1) is 11.7 Å². The number of halogens is 1. The molecule has 18 heavy (non-hydrogen) atoms. The van der Waals surface area contributed by atoms with Gasteiger partial charge in [0.2, 0.25) is 0 Å². The van der Waals surface area contributed by atoms with Crippen molar-refractivity contribution in [2.45, 2.75) is 20.4 Å². The van der Waals surface area contributed by atoms with Gasteiger partial charge in [-0.25, -0.2) is 9.18 Å². The summed E-state index contributed by atoms with van der Waals surface area (Å²) >= 11 is 0. The van der Waals surface area contributed by atoms with Gasteiger partial charge < -0.3 is 4.74 Å². The molecule has 0 N–H and O–H groups in total. The van der Waals surface area contributed by atoms with Crippen LogP contribution in [0.3, 0.4) is 0 Å². The molecule has 0 fully saturated rings. The molecule has 5 heteroatoms. The van der Waals surface area contributed by atoms with Crippen molar-refractivity contribution in [2.75, 3.05) is 7.11 Å². The summed E-state index contributed by atoms with van der Waals surface area (Å²) in [7, 11) is 1.29. The number of ether oxygens (including phenoxy) is 1. The maximum Gasteiger partial charge on any atom is 0.359 e. The Kier molecular flexibility index (Phi) is 3.32. The molecule has 0 atom stereocenters. The van der Waals surface area contributed by atoms with Crippen LogP contribution in [0.4, 0.5) is 4.39 Å². The first-order valence-corrected chi connectivity index (χ1v) is 5.77. The maximum absolute atomic E-state index is 13.3. The van der Waals surface area contributed by atoms with Crippen molar-refractivity contribution in [2.24, 2.45) is 5.92 Å². The predicted octanol–water partition coefficient (Wildman–Crippen LogP) is 2.62. The van der Waals surface area contributed by atoms with Gasteiger partial charge >= 0.3 is 5.97 Å². The van der Waals surface area contributed by atoms with Gasteiger partial charge in [0.1, 0.15) is 5.82 Å². The third-order valence-corrected chi connectivity index (χ3v) is 2.63. The average Bonchev–Trinajstić information content (AvgIpc) is 2.65. The van der Waals surface area contributed by atoms with E-state index in [2.05, 4.69) is 23.7 Å². The molecule has 0 aliphatic rings. The Labute approximate surface area is 104 Å². The molecule has 2 rings (SSSR count). The molecule has 1 aromatic carbocycles. The van der Waals surface area contributed by atoms with E-state index < -0.39 is 11.8 Å². The van der Waals surface area contributed by atoms with Gasteiger partial charge in [-0.1, -0.05) is 13.8 Å². The number of benzene rings is 1. The van der Waals surface area contributed by atoms with Crippen LogP contribution < -0.4 is 0 Å². The highest BCUT2D eigenvalue weighted by molar-refractivity contribution is 6.02. The Morgan fingerprint density at radius 3 is 2.83 bits per heavy atom. The van der Waals surface area contributed by atoms with E-state index in [1.165, 1.54) is 19.2 Å². The van der Waals surface area contributed by atoms with Gasteiger partial charge in [0, 0.05) is 11.9 Å². The van der Waals surface area contributed by atoms with E-state index in [9.17, 15) is 9.18 Å². The molecular formula is C13H15FN2O2. The normalized spacial score (nSPS) is 11.2. The topological polar surface area (TPSA) is 44.1 Å². The summed E-state index contributed by atoms with van der Waals surface area (Å²) in [5.74, 6) is -0.562. The van der Waals surface area contributed by atoms with E-state index in [-0.39, 0.29) is 5.69 Å². The van der Waals surface area contributed by atoms with Gasteiger partial charge in [-0.3, -0.25) is 4.68 Å². The Bertz CT molecular complexity index is 590. The van der Waals surface area contributed by atoms with Crippen molar-refractivity contribution in [1.29, 1.82) is 0 Å². The molecule has 4 nitrogen and oxygen atoms in total. The van der Waals surface area contributed by atoms with Crippen molar-refractivity contribution >= 4 is 16.9 Å². The lowest BCUT2D eigenvalue weighted by Gasteiger charge is -2.05. The van der Waals surface area contributed by atoms with E-state index in [4.69, 9.17) is 0 Å². The summed E-state index contributed by atoms with van der Waals surface area (Å²) in [4.78, 5) is 11.6. The Morgan fingerprint density at radius 1 is 1.50 bits per heavy atom.